The molecule has 1 saturated heterocycles. The van der Waals surface area contributed by atoms with Crippen molar-refractivity contribution < 1.29 is 19.0 Å². The van der Waals surface area contributed by atoms with Crippen molar-refractivity contribution in [2.75, 3.05) is 33.3 Å². The molecule has 1 N–H and O–H groups in total. The van der Waals surface area contributed by atoms with E-state index in [2.05, 4.69) is 20.8 Å². The van der Waals surface area contributed by atoms with E-state index in [1.165, 1.54) is 19.2 Å². The van der Waals surface area contributed by atoms with Gasteiger partial charge < -0.3 is 14.7 Å². The minimum absolute atomic E-state index is 0.0191. The lowest BCUT2D eigenvalue weighted by molar-refractivity contribution is 0.0625. The molecule has 7 heteroatoms. The first-order valence-corrected chi connectivity index (χ1v) is 9.10. The molecule has 1 fully saturated rings. The summed E-state index contributed by atoms with van der Waals surface area (Å²) in [6, 6.07) is 9.78. The lowest BCUT2D eigenvalue weighted by atomic mass is 10.1. The van der Waals surface area contributed by atoms with E-state index in [1.54, 1.807) is 23.1 Å². The first kappa shape index (κ1) is 18.7. The fourth-order valence-electron chi connectivity index (χ4n) is 3.03. The van der Waals surface area contributed by atoms with Crippen molar-refractivity contribution in [2.24, 2.45) is 0 Å². The number of piperazine rings is 1. The van der Waals surface area contributed by atoms with Crippen molar-refractivity contribution >= 4 is 21.8 Å². The average Bonchev–Trinajstić information content (AvgIpc) is 2.64. The summed E-state index contributed by atoms with van der Waals surface area (Å²) >= 11 is 3.32. The predicted molar refractivity (Wildman–Crippen MR) is 99.9 cm³/mol. The van der Waals surface area contributed by atoms with E-state index in [4.69, 9.17) is 4.74 Å². The molecule has 1 aliphatic rings. The fraction of sp³-hybridized carbons (Fsp3) is 0.316. The number of carbonyl (C=O) groups is 1. The minimum atomic E-state index is -0.371. The highest BCUT2D eigenvalue weighted by atomic mass is 79.9. The molecule has 0 spiro atoms. The molecule has 0 aliphatic carbocycles. The van der Waals surface area contributed by atoms with Crippen molar-refractivity contribution in [3.8, 4) is 11.5 Å². The van der Waals surface area contributed by atoms with Gasteiger partial charge in [-0.3, -0.25) is 9.69 Å². The van der Waals surface area contributed by atoms with Crippen LogP contribution in [0.5, 0.6) is 11.5 Å². The van der Waals surface area contributed by atoms with E-state index in [1.807, 2.05) is 6.07 Å². The van der Waals surface area contributed by atoms with Crippen LogP contribution in [0.4, 0.5) is 4.39 Å². The number of rotatable bonds is 4. The van der Waals surface area contributed by atoms with E-state index in [0.29, 0.717) is 38.3 Å². The first-order valence-electron chi connectivity index (χ1n) is 8.30. The predicted octanol–water partition coefficient (Wildman–Crippen LogP) is 3.26. The lowest BCUT2D eigenvalue weighted by Gasteiger charge is -2.35. The third kappa shape index (κ3) is 4.16. The molecule has 0 unspecified atom stereocenters. The SMILES string of the molecule is COc1ccc(CN2CCN(C(=O)c3cc(Br)ccc3O)CC2)cc1F. The highest BCUT2D eigenvalue weighted by Crippen LogP contribution is 2.24. The maximum Gasteiger partial charge on any atom is 0.257 e. The molecule has 0 bridgehead atoms. The number of amides is 1. The average molecular weight is 423 g/mol. The topological polar surface area (TPSA) is 53.0 Å². The van der Waals surface area contributed by atoms with E-state index >= 15 is 0 Å². The number of hydrogen-bond donors (Lipinski definition) is 1. The number of carbonyl (C=O) groups excluding carboxylic acids is 1. The second kappa shape index (κ2) is 8.05. The normalized spacial score (nSPS) is 15.1. The van der Waals surface area contributed by atoms with Gasteiger partial charge in [0, 0.05) is 37.2 Å². The summed E-state index contributed by atoms with van der Waals surface area (Å²) in [7, 11) is 1.44. The van der Waals surface area contributed by atoms with Crippen molar-refractivity contribution in [1.29, 1.82) is 0 Å². The smallest absolute Gasteiger partial charge is 0.257 e. The summed E-state index contributed by atoms with van der Waals surface area (Å²) in [5, 5.41) is 9.93. The maximum absolute atomic E-state index is 13.8. The molecule has 0 aromatic heterocycles. The summed E-state index contributed by atoms with van der Waals surface area (Å²) in [4.78, 5) is 16.5. The highest BCUT2D eigenvalue weighted by Gasteiger charge is 2.24. The molecule has 3 rings (SSSR count). The number of halogens is 2. The molecule has 1 heterocycles. The fourth-order valence-corrected chi connectivity index (χ4v) is 3.39. The van der Waals surface area contributed by atoms with Crippen LogP contribution in [0.2, 0.25) is 0 Å². The van der Waals surface area contributed by atoms with E-state index in [0.717, 1.165) is 10.0 Å². The summed E-state index contributed by atoms with van der Waals surface area (Å²) < 4.78 is 19.5. The molecular weight excluding hydrogens is 403 g/mol. The van der Waals surface area contributed by atoms with Gasteiger partial charge in [-0.15, -0.1) is 0 Å². The number of hydrogen-bond acceptors (Lipinski definition) is 4. The van der Waals surface area contributed by atoms with Crippen LogP contribution in [-0.2, 0) is 6.54 Å². The minimum Gasteiger partial charge on any atom is -0.507 e. The van der Waals surface area contributed by atoms with E-state index < -0.39 is 0 Å². The van der Waals surface area contributed by atoms with Crippen LogP contribution in [0, 0.1) is 5.82 Å². The van der Waals surface area contributed by atoms with E-state index in [9.17, 15) is 14.3 Å². The van der Waals surface area contributed by atoms with Crippen LogP contribution in [0.1, 0.15) is 15.9 Å². The number of nitrogens with zero attached hydrogens (tertiary/aromatic N) is 2. The number of benzene rings is 2. The molecule has 5 nitrogen and oxygen atoms in total. The van der Waals surface area contributed by atoms with Crippen molar-refractivity contribution in [3.63, 3.8) is 0 Å². The van der Waals surface area contributed by atoms with Gasteiger partial charge in [0.2, 0.25) is 0 Å². The van der Waals surface area contributed by atoms with Crippen molar-refractivity contribution in [3.05, 3.63) is 57.8 Å². The Kier molecular flexibility index (Phi) is 5.78. The van der Waals surface area contributed by atoms with Crippen LogP contribution in [0.3, 0.4) is 0 Å². The first-order chi connectivity index (χ1) is 12.5. The zero-order valence-electron chi connectivity index (χ0n) is 14.4. The monoisotopic (exact) mass is 422 g/mol. The zero-order valence-corrected chi connectivity index (χ0v) is 16.0. The number of phenolic OH excluding ortho intramolecular Hbond substituents is 1. The summed E-state index contributed by atoms with van der Waals surface area (Å²) in [5.41, 5.74) is 1.16. The van der Waals surface area contributed by atoms with Gasteiger partial charge in [0.25, 0.3) is 5.91 Å². The number of ether oxygens (including phenoxy) is 1. The van der Waals surface area contributed by atoms with Gasteiger partial charge in [-0.05, 0) is 35.9 Å². The molecule has 0 radical (unpaired) electrons. The molecule has 26 heavy (non-hydrogen) atoms. The highest BCUT2D eigenvalue weighted by molar-refractivity contribution is 9.10. The van der Waals surface area contributed by atoms with Gasteiger partial charge in [0.15, 0.2) is 11.6 Å². The van der Waals surface area contributed by atoms with Crippen LogP contribution in [-0.4, -0.2) is 54.1 Å². The van der Waals surface area contributed by atoms with Crippen LogP contribution >= 0.6 is 15.9 Å². The molecule has 138 valence electrons. The Balaban J connectivity index is 1.59. The summed E-state index contributed by atoms with van der Waals surface area (Å²) in [6.45, 7) is 3.11. The molecule has 1 aliphatic heterocycles. The second-order valence-electron chi connectivity index (χ2n) is 6.20. The molecule has 0 saturated carbocycles. The largest absolute Gasteiger partial charge is 0.507 e. The second-order valence-corrected chi connectivity index (χ2v) is 7.11. The van der Waals surface area contributed by atoms with Crippen LogP contribution in [0.15, 0.2) is 40.9 Å². The van der Waals surface area contributed by atoms with Gasteiger partial charge in [-0.2, -0.15) is 0 Å². The van der Waals surface area contributed by atoms with Crippen LogP contribution < -0.4 is 4.74 Å². The molecule has 1 amide bonds. The van der Waals surface area contributed by atoms with Crippen molar-refractivity contribution in [1.82, 2.24) is 9.80 Å². The summed E-state index contributed by atoms with van der Waals surface area (Å²) in [5.74, 6) is -0.338. The third-order valence-corrected chi connectivity index (χ3v) is 4.96. The molecule has 2 aromatic rings. The number of phenols is 1. The lowest BCUT2D eigenvalue weighted by Crippen LogP contribution is -2.48. The van der Waals surface area contributed by atoms with Gasteiger partial charge in [-0.25, -0.2) is 4.39 Å². The Hall–Kier alpha value is -2.12. The zero-order chi connectivity index (χ0) is 18.7. The Labute approximate surface area is 160 Å². The Morgan fingerprint density at radius 2 is 1.92 bits per heavy atom. The quantitative estimate of drug-likeness (QED) is 0.821. The standard InChI is InChI=1S/C19H20BrFN2O3/c1-26-18-5-2-13(10-16(18)21)12-22-6-8-23(9-7-22)19(25)15-11-14(20)3-4-17(15)24/h2-5,10-11,24H,6-9,12H2,1H3. The Morgan fingerprint density at radius 3 is 2.58 bits per heavy atom. The van der Waals surface area contributed by atoms with Crippen LogP contribution in [0.25, 0.3) is 0 Å². The Morgan fingerprint density at radius 1 is 1.19 bits per heavy atom. The Bertz CT molecular complexity index is 807. The molecular formula is C19H20BrFN2O3. The molecule has 2 aromatic carbocycles. The summed E-state index contributed by atoms with van der Waals surface area (Å²) in [6.07, 6.45) is 0. The van der Waals surface area contributed by atoms with E-state index in [-0.39, 0.29) is 23.2 Å². The number of aromatic hydroxyl groups is 1. The van der Waals surface area contributed by atoms with Crippen molar-refractivity contribution in [2.45, 2.75) is 6.54 Å². The maximum atomic E-state index is 13.8. The van der Waals surface area contributed by atoms with Gasteiger partial charge in [0.1, 0.15) is 5.75 Å². The van der Waals surface area contributed by atoms with Gasteiger partial charge in [-0.1, -0.05) is 22.0 Å². The van der Waals surface area contributed by atoms with Gasteiger partial charge in [0.05, 0.1) is 12.7 Å². The molecule has 0 atom stereocenters. The number of methoxy groups -OCH3 is 1. The van der Waals surface area contributed by atoms with Gasteiger partial charge >= 0.3 is 0 Å². The third-order valence-electron chi connectivity index (χ3n) is 4.47.